The number of aryl methyl sites for hydroxylation is 1. The first kappa shape index (κ1) is 18.6. The fourth-order valence-electron chi connectivity index (χ4n) is 3.64. The number of pyridine rings is 1. The SMILES string of the molecule is COC1CCN(c2nccc(Nc3cc4c(cn3)c(C)nn4C(C)C)n2)CC1. The average Bonchev–Trinajstić information content (AvgIpc) is 3.04. The van der Waals surface area contributed by atoms with Crippen LogP contribution in [-0.2, 0) is 4.74 Å². The summed E-state index contributed by atoms with van der Waals surface area (Å²) in [4.78, 5) is 15.9. The molecule has 4 heterocycles. The van der Waals surface area contributed by atoms with Gasteiger partial charge < -0.3 is 15.0 Å². The zero-order chi connectivity index (χ0) is 19.7. The summed E-state index contributed by atoms with van der Waals surface area (Å²) in [6.07, 6.45) is 5.98. The largest absolute Gasteiger partial charge is 0.381 e. The number of hydrogen-bond acceptors (Lipinski definition) is 7. The van der Waals surface area contributed by atoms with Gasteiger partial charge in [-0.05, 0) is 39.7 Å². The highest BCUT2D eigenvalue weighted by Gasteiger charge is 2.20. The highest BCUT2D eigenvalue weighted by molar-refractivity contribution is 5.83. The van der Waals surface area contributed by atoms with E-state index < -0.39 is 0 Å². The number of anilines is 3. The predicted molar refractivity (Wildman–Crippen MR) is 110 cm³/mol. The Morgan fingerprint density at radius 3 is 2.68 bits per heavy atom. The lowest BCUT2D eigenvalue weighted by Gasteiger charge is -2.31. The van der Waals surface area contributed by atoms with E-state index in [1.165, 1.54) is 0 Å². The van der Waals surface area contributed by atoms with Gasteiger partial charge in [0.2, 0.25) is 5.95 Å². The minimum absolute atomic E-state index is 0.284. The van der Waals surface area contributed by atoms with Crippen molar-refractivity contribution >= 4 is 28.5 Å². The zero-order valence-electron chi connectivity index (χ0n) is 16.9. The minimum atomic E-state index is 0.284. The van der Waals surface area contributed by atoms with Crippen molar-refractivity contribution < 1.29 is 4.74 Å². The maximum atomic E-state index is 5.45. The van der Waals surface area contributed by atoms with Gasteiger partial charge in [-0.25, -0.2) is 9.97 Å². The monoisotopic (exact) mass is 381 g/mol. The molecule has 0 spiro atoms. The van der Waals surface area contributed by atoms with Crippen molar-refractivity contribution in [2.45, 2.75) is 45.8 Å². The lowest BCUT2D eigenvalue weighted by atomic mass is 10.1. The first-order valence-electron chi connectivity index (χ1n) is 9.78. The van der Waals surface area contributed by atoms with Crippen molar-refractivity contribution in [3.63, 3.8) is 0 Å². The van der Waals surface area contributed by atoms with Crippen molar-refractivity contribution in [2.24, 2.45) is 0 Å². The molecule has 0 saturated carbocycles. The fraction of sp³-hybridized carbons (Fsp3) is 0.500. The van der Waals surface area contributed by atoms with Gasteiger partial charge in [0.15, 0.2) is 0 Å². The molecule has 0 atom stereocenters. The molecule has 148 valence electrons. The van der Waals surface area contributed by atoms with Gasteiger partial charge in [-0.3, -0.25) is 4.68 Å². The van der Waals surface area contributed by atoms with Crippen LogP contribution in [0.15, 0.2) is 24.5 Å². The first-order valence-corrected chi connectivity index (χ1v) is 9.78. The molecular weight excluding hydrogens is 354 g/mol. The van der Waals surface area contributed by atoms with E-state index in [0.717, 1.165) is 60.1 Å². The fourth-order valence-corrected chi connectivity index (χ4v) is 3.64. The molecule has 3 aromatic heterocycles. The Balaban J connectivity index is 1.55. The topological polar surface area (TPSA) is 81.0 Å². The van der Waals surface area contributed by atoms with Crippen molar-refractivity contribution in [3.8, 4) is 0 Å². The molecule has 1 N–H and O–H groups in total. The maximum Gasteiger partial charge on any atom is 0.227 e. The molecule has 0 aromatic carbocycles. The molecule has 0 radical (unpaired) electrons. The van der Waals surface area contributed by atoms with Crippen LogP contribution in [0.25, 0.3) is 10.9 Å². The van der Waals surface area contributed by atoms with E-state index in [9.17, 15) is 0 Å². The Morgan fingerprint density at radius 2 is 1.96 bits per heavy atom. The number of methoxy groups -OCH3 is 1. The van der Waals surface area contributed by atoms with E-state index in [4.69, 9.17) is 4.74 Å². The van der Waals surface area contributed by atoms with Crippen molar-refractivity contribution in [1.29, 1.82) is 0 Å². The van der Waals surface area contributed by atoms with Gasteiger partial charge in [0.05, 0.1) is 17.3 Å². The Labute approximate surface area is 165 Å². The number of piperidine rings is 1. The third-order valence-electron chi connectivity index (χ3n) is 5.22. The van der Waals surface area contributed by atoms with E-state index >= 15 is 0 Å². The molecule has 1 fully saturated rings. The van der Waals surface area contributed by atoms with Gasteiger partial charge in [-0.2, -0.15) is 10.1 Å². The number of ether oxygens (including phenoxy) is 1. The molecule has 0 amide bonds. The van der Waals surface area contributed by atoms with Gasteiger partial charge in [0.25, 0.3) is 0 Å². The van der Waals surface area contributed by atoms with E-state index in [0.29, 0.717) is 6.10 Å². The quantitative estimate of drug-likeness (QED) is 0.725. The number of fused-ring (bicyclic) bond motifs is 1. The van der Waals surface area contributed by atoms with Crippen LogP contribution in [0.2, 0.25) is 0 Å². The summed E-state index contributed by atoms with van der Waals surface area (Å²) in [5.41, 5.74) is 2.06. The van der Waals surface area contributed by atoms with Gasteiger partial charge in [0.1, 0.15) is 11.6 Å². The average molecular weight is 381 g/mol. The molecule has 1 saturated heterocycles. The second kappa shape index (κ2) is 7.71. The maximum absolute atomic E-state index is 5.45. The van der Waals surface area contributed by atoms with Crippen molar-refractivity contribution in [3.05, 3.63) is 30.2 Å². The molecule has 1 aliphatic rings. The van der Waals surface area contributed by atoms with Gasteiger partial charge in [0, 0.05) is 50.1 Å². The normalized spacial score (nSPS) is 15.5. The molecule has 8 nitrogen and oxygen atoms in total. The Hall–Kier alpha value is -2.74. The second-order valence-corrected chi connectivity index (χ2v) is 7.50. The van der Waals surface area contributed by atoms with Gasteiger partial charge in [-0.15, -0.1) is 0 Å². The second-order valence-electron chi connectivity index (χ2n) is 7.50. The predicted octanol–water partition coefficient (Wildman–Crippen LogP) is 3.47. The molecule has 1 aliphatic heterocycles. The number of rotatable bonds is 5. The summed E-state index contributed by atoms with van der Waals surface area (Å²) in [6, 6.07) is 4.18. The standard InChI is InChI=1S/C20H27N7O/c1-13(2)27-17-11-19(22-12-16(17)14(3)25-27)23-18-5-8-21-20(24-18)26-9-6-15(28-4)7-10-26/h5,8,11-13,15H,6-7,9-10H2,1-4H3,(H,21,22,23,24). The minimum Gasteiger partial charge on any atom is -0.381 e. The number of nitrogens with zero attached hydrogens (tertiary/aromatic N) is 6. The molecule has 3 aromatic rings. The van der Waals surface area contributed by atoms with Crippen LogP contribution in [-0.4, -0.2) is 51.0 Å². The van der Waals surface area contributed by atoms with Crippen LogP contribution < -0.4 is 10.2 Å². The van der Waals surface area contributed by atoms with Gasteiger partial charge in [-0.1, -0.05) is 0 Å². The van der Waals surface area contributed by atoms with E-state index in [-0.39, 0.29) is 6.04 Å². The summed E-state index contributed by atoms with van der Waals surface area (Å²) in [6.45, 7) is 8.07. The van der Waals surface area contributed by atoms with Gasteiger partial charge >= 0.3 is 0 Å². The first-order chi connectivity index (χ1) is 13.5. The van der Waals surface area contributed by atoms with E-state index in [1.807, 2.05) is 29.9 Å². The Morgan fingerprint density at radius 1 is 1.18 bits per heavy atom. The van der Waals surface area contributed by atoms with Crippen molar-refractivity contribution in [1.82, 2.24) is 24.7 Å². The van der Waals surface area contributed by atoms with Crippen LogP contribution in [0, 0.1) is 6.92 Å². The van der Waals surface area contributed by atoms with Crippen LogP contribution in [0.5, 0.6) is 0 Å². The molecule has 0 unspecified atom stereocenters. The Kier molecular flexibility index (Phi) is 5.13. The summed E-state index contributed by atoms with van der Waals surface area (Å²) < 4.78 is 7.48. The van der Waals surface area contributed by atoms with E-state index in [2.05, 4.69) is 44.1 Å². The van der Waals surface area contributed by atoms with Crippen LogP contribution >= 0.6 is 0 Å². The third-order valence-corrected chi connectivity index (χ3v) is 5.22. The van der Waals surface area contributed by atoms with Crippen LogP contribution in [0.4, 0.5) is 17.6 Å². The van der Waals surface area contributed by atoms with Crippen molar-refractivity contribution in [2.75, 3.05) is 30.4 Å². The van der Waals surface area contributed by atoms with E-state index in [1.54, 1.807) is 13.3 Å². The smallest absolute Gasteiger partial charge is 0.227 e. The molecule has 0 aliphatic carbocycles. The van der Waals surface area contributed by atoms with Crippen LogP contribution in [0.3, 0.4) is 0 Å². The number of aromatic nitrogens is 5. The third kappa shape index (κ3) is 3.64. The molecule has 0 bridgehead atoms. The summed E-state index contributed by atoms with van der Waals surface area (Å²) >= 11 is 0. The summed E-state index contributed by atoms with van der Waals surface area (Å²) in [5, 5.41) is 9.02. The molecule has 8 heteroatoms. The molecular formula is C20H27N7O. The number of hydrogen-bond donors (Lipinski definition) is 1. The number of nitrogens with one attached hydrogen (secondary N) is 1. The van der Waals surface area contributed by atoms with Crippen LogP contribution in [0.1, 0.15) is 38.4 Å². The summed E-state index contributed by atoms with van der Waals surface area (Å²) in [7, 11) is 1.78. The lowest BCUT2D eigenvalue weighted by Crippen LogP contribution is -2.37. The highest BCUT2D eigenvalue weighted by Crippen LogP contribution is 2.25. The zero-order valence-corrected chi connectivity index (χ0v) is 16.9. The highest BCUT2D eigenvalue weighted by atomic mass is 16.5. The lowest BCUT2D eigenvalue weighted by molar-refractivity contribution is 0.0816. The Bertz CT molecular complexity index is 960. The molecule has 4 rings (SSSR count). The molecule has 28 heavy (non-hydrogen) atoms. The summed E-state index contributed by atoms with van der Waals surface area (Å²) in [5.74, 6) is 2.22.